The summed E-state index contributed by atoms with van der Waals surface area (Å²) in [5, 5.41) is 4.09. The van der Waals surface area contributed by atoms with Gasteiger partial charge in [-0.3, -0.25) is 4.79 Å². The van der Waals surface area contributed by atoms with Gasteiger partial charge in [-0.2, -0.15) is 0 Å². The molecular weight excluding hydrogens is 188 g/mol. The van der Waals surface area contributed by atoms with Crippen LogP contribution in [-0.4, -0.2) is 10.5 Å². The normalized spacial score (nSPS) is 15.1. The molecule has 2 heterocycles. The van der Waals surface area contributed by atoms with E-state index in [2.05, 4.69) is 28.1 Å². The smallest absolute Gasteiger partial charge is 0.224 e. The SMILES string of the molecule is Cn1ccc2cc3c(cc21)CCC(=O)N3. The third-order valence-corrected chi connectivity index (χ3v) is 3.01. The molecule has 3 nitrogen and oxygen atoms in total. The summed E-state index contributed by atoms with van der Waals surface area (Å²) in [4.78, 5) is 11.3. The number of fused-ring (bicyclic) bond motifs is 2. The summed E-state index contributed by atoms with van der Waals surface area (Å²) < 4.78 is 2.10. The van der Waals surface area contributed by atoms with Crippen LogP contribution in [0.2, 0.25) is 0 Å². The molecule has 0 fully saturated rings. The molecule has 1 aliphatic rings. The Labute approximate surface area is 87.7 Å². The van der Waals surface area contributed by atoms with Gasteiger partial charge < -0.3 is 9.88 Å². The van der Waals surface area contributed by atoms with E-state index in [1.165, 1.54) is 16.5 Å². The number of nitrogens with zero attached hydrogens (tertiary/aromatic N) is 1. The Morgan fingerprint density at radius 3 is 3.07 bits per heavy atom. The highest BCUT2D eigenvalue weighted by Crippen LogP contribution is 2.28. The van der Waals surface area contributed by atoms with Crippen LogP contribution >= 0.6 is 0 Å². The first-order chi connectivity index (χ1) is 7.24. The van der Waals surface area contributed by atoms with E-state index in [1.54, 1.807) is 0 Å². The second-order valence-corrected chi connectivity index (χ2v) is 4.04. The van der Waals surface area contributed by atoms with Crippen molar-refractivity contribution in [3.8, 4) is 0 Å². The molecule has 0 aliphatic carbocycles. The van der Waals surface area contributed by atoms with Crippen LogP contribution in [0.25, 0.3) is 10.9 Å². The van der Waals surface area contributed by atoms with Crippen LogP contribution in [0, 0.1) is 0 Å². The fourth-order valence-electron chi connectivity index (χ4n) is 2.14. The van der Waals surface area contributed by atoms with Gasteiger partial charge in [0.1, 0.15) is 0 Å². The minimum atomic E-state index is 0.123. The average molecular weight is 200 g/mol. The Balaban J connectivity index is 2.25. The number of benzene rings is 1. The van der Waals surface area contributed by atoms with Crippen molar-refractivity contribution in [2.45, 2.75) is 12.8 Å². The van der Waals surface area contributed by atoms with Gasteiger partial charge in [-0.05, 0) is 30.2 Å². The van der Waals surface area contributed by atoms with E-state index < -0.39 is 0 Å². The van der Waals surface area contributed by atoms with Crippen molar-refractivity contribution in [1.82, 2.24) is 4.57 Å². The standard InChI is InChI=1S/C12H12N2O/c1-14-5-4-9-6-10-8(7-11(9)14)2-3-12(15)13-10/h4-7H,2-3H2,1H3,(H,13,15). The summed E-state index contributed by atoms with van der Waals surface area (Å²) >= 11 is 0. The predicted octanol–water partition coefficient (Wildman–Crippen LogP) is 2.06. The summed E-state index contributed by atoms with van der Waals surface area (Å²) in [6, 6.07) is 6.29. The molecule has 1 aliphatic heterocycles. The van der Waals surface area contributed by atoms with Crippen molar-refractivity contribution in [2.24, 2.45) is 7.05 Å². The van der Waals surface area contributed by atoms with E-state index in [-0.39, 0.29) is 5.91 Å². The summed E-state index contributed by atoms with van der Waals surface area (Å²) in [7, 11) is 2.04. The van der Waals surface area contributed by atoms with E-state index in [9.17, 15) is 4.79 Å². The van der Waals surface area contributed by atoms with Crippen molar-refractivity contribution >= 4 is 22.5 Å². The highest BCUT2D eigenvalue weighted by Gasteiger charge is 2.15. The molecule has 3 rings (SSSR count). The molecule has 1 aromatic carbocycles. The molecule has 0 unspecified atom stereocenters. The Bertz CT molecular complexity index is 554. The predicted molar refractivity (Wildman–Crippen MR) is 59.9 cm³/mol. The molecule has 1 aromatic heterocycles. The minimum Gasteiger partial charge on any atom is -0.351 e. The lowest BCUT2D eigenvalue weighted by atomic mass is 10.0. The number of hydrogen-bond acceptors (Lipinski definition) is 1. The lowest BCUT2D eigenvalue weighted by Crippen LogP contribution is -2.18. The second-order valence-electron chi connectivity index (χ2n) is 4.04. The summed E-state index contributed by atoms with van der Waals surface area (Å²) in [5.41, 5.74) is 3.44. The maximum Gasteiger partial charge on any atom is 0.224 e. The zero-order chi connectivity index (χ0) is 10.4. The fourth-order valence-corrected chi connectivity index (χ4v) is 2.14. The molecule has 15 heavy (non-hydrogen) atoms. The quantitative estimate of drug-likeness (QED) is 0.694. The first kappa shape index (κ1) is 8.53. The first-order valence-electron chi connectivity index (χ1n) is 5.12. The maximum absolute atomic E-state index is 11.3. The van der Waals surface area contributed by atoms with Gasteiger partial charge in [0, 0.05) is 36.3 Å². The van der Waals surface area contributed by atoms with Gasteiger partial charge in [0.05, 0.1) is 0 Å². The third kappa shape index (κ3) is 1.23. The number of anilines is 1. The van der Waals surface area contributed by atoms with Crippen molar-refractivity contribution in [2.75, 3.05) is 5.32 Å². The molecule has 0 bridgehead atoms. The number of carbonyl (C=O) groups is 1. The fraction of sp³-hybridized carbons (Fsp3) is 0.250. The topological polar surface area (TPSA) is 34.0 Å². The van der Waals surface area contributed by atoms with Gasteiger partial charge in [-0.15, -0.1) is 0 Å². The van der Waals surface area contributed by atoms with Gasteiger partial charge in [-0.1, -0.05) is 0 Å². The Morgan fingerprint density at radius 2 is 2.20 bits per heavy atom. The number of rotatable bonds is 0. The van der Waals surface area contributed by atoms with Crippen LogP contribution in [0.15, 0.2) is 24.4 Å². The minimum absolute atomic E-state index is 0.123. The van der Waals surface area contributed by atoms with Crippen molar-refractivity contribution in [3.63, 3.8) is 0 Å². The molecule has 0 saturated carbocycles. The number of nitrogens with one attached hydrogen (secondary N) is 1. The molecule has 76 valence electrons. The van der Waals surface area contributed by atoms with Crippen LogP contribution < -0.4 is 5.32 Å². The lowest BCUT2D eigenvalue weighted by Gasteiger charge is -2.16. The third-order valence-electron chi connectivity index (χ3n) is 3.01. The summed E-state index contributed by atoms with van der Waals surface area (Å²) in [6.07, 6.45) is 3.49. The number of amides is 1. The largest absolute Gasteiger partial charge is 0.351 e. The zero-order valence-corrected chi connectivity index (χ0v) is 8.58. The molecular formula is C12H12N2O. The van der Waals surface area contributed by atoms with E-state index in [0.29, 0.717) is 6.42 Å². The van der Waals surface area contributed by atoms with Gasteiger partial charge >= 0.3 is 0 Å². The van der Waals surface area contributed by atoms with Gasteiger partial charge in [0.2, 0.25) is 5.91 Å². The molecule has 0 saturated heterocycles. The van der Waals surface area contributed by atoms with Crippen molar-refractivity contribution in [1.29, 1.82) is 0 Å². The van der Waals surface area contributed by atoms with E-state index >= 15 is 0 Å². The van der Waals surface area contributed by atoms with Gasteiger partial charge in [-0.25, -0.2) is 0 Å². The van der Waals surface area contributed by atoms with Crippen LogP contribution in [0.1, 0.15) is 12.0 Å². The van der Waals surface area contributed by atoms with Crippen LogP contribution in [0.3, 0.4) is 0 Å². The van der Waals surface area contributed by atoms with Gasteiger partial charge in [0.25, 0.3) is 0 Å². The molecule has 2 aromatic rings. The zero-order valence-electron chi connectivity index (χ0n) is 8.58. The van der Waals surface area contributed by atoms with Crippen molar-refractivity contribution in [3.05, 3.63) is 30.0 Å². The second kappa shape index (κ2) is 2.86. The lowest BCUT2D eigenvalue weighted by molar-refractivity contribution is -0.116. The summed E-state index contributed by atoms with van der Waals surface area (Å²) in [5.74, 6) is 0.123. The number of aromatic nitrogens is 1. The van der Waals surface area contributed by atoms with Gasteiger partial charge in [0.15, 0.2) is 0 Å². The van der Waals surface area contributed by atoms with Crippen LogP contribution in [0.5, 0.6) is 0 Å². The summed E-state index contributed by atoms with van der Waals surface area (Å²) in [6.45, 7) is 0. The molecule has 0 spiro atoms. The van der Waals surface area contributed by atoms with E-state index in [1.807, 2.05) is 13.2 Å². The van der Waals surface area contributed by atoms with Crippen molar-refractivity contribution < 1.29 is 4.79 Å². The number of carbonyl (C=O) groups excluding carboxylic acids is 1. The highest BCUT2D eigenvalue weighted by molar-refractivity contribution is 5.97. The highest BCUT2D eigenvalue weighted by atomic mass is 16.1. The number of hydrogen-bond donors (Lipinski definition) is 1. The number of aryl methyl sites for hydroxylation is 2. The van der Waals surface area contributed by atoms with Crippen LogP contribution in [-0.2, 0) is 18.3 Å². The first-order valence-corrected chi connectivity index (χ1v) is 5.12. The van der Waals surface area contributed by atoms with Crippen LogP contribution in [0.4, 0.5) is 5.69 Å². The molecule has 1 N–H and O–H groups in total. The Kier molecular flexibility index (Phi) is 1.63. The molecule has 1 amide bonds. The Morgan fingerprint density at radius 1 is 1.33 bits per heavy atom. The van der Waals surface area contributed by atoms with E-state index in [0.717, 1.165) is 12.1 Å². The molecule has 0 atom stereocenters. The average Bonchev–Trinajstić information content (AvgIpc) is 2.57. The monoisotopic (exact) mass is 200 g/mol. The molecule has 3 heteroatoms. The van der Waals surface area contributed by atoms with E-state index in [4.69, 9.17) is 0 Å². The Hall–Kier alpha value is -1.77. The maximum atomic E-state index is 11.3. The molecule has 0 radical (unpaired) electrons.